The van der Waals surface area contributed by atoms with Crippen LogP contribution in [0.4, 0.5) is 11.6 Å². The minimum atomic E-state index is -3.69. The number of nitrogens with zero attached hydrogens (tertiary/aromatic N) is 2. The summed E-state index contributed by atoms with van der Waals surface area (Å²) in [4.78, 5) is 3.63. The van der Waals surface area contributed by atoms with Crippen LogP contribution >= 0.6 is 0 Å². The second kappa shape index (κ2) is 3.81. The molecular weight excluding hydrogens is 232 g/mol. The van der Waals surface area contributed by atoms with Crippen LogP contribution in [0, 0.1) is 0 Å². The van der Waals surface area contributed by atoms with E-state index in [0.717, 1.165) is 6.39 Å². The van der Waals surface area contributed by atoms with Crippen LogP contribution in [0.3, 0.4) is 0 Å². The minimum Gasteiger partial charge on any atom is -0.399 e. The Hall–Kier alpha value is -2.09. The molecule has 16 heavy (non-hydrogen) atoms. The number of anilines is 2. The Bertz CT molecular complexity index is 562. The SMILES string of the molecule is Nc1ccc(S(=O)(=O)Nc2ncon2)cc1. The number of aromatic nitrogens is 2. The molecule has 0 atom stereocenters. The average Bonchev–Trinajstić information content (AvgIpc) is 2.70. The van der Waals surface area contributed by atoms with E-state index in [1.807, 2.05) is 0 Å². The molecule has 3 N–H and O–H groups in total. The van der Waals surface area contributed by atoms with Crippen molar-refractivity contribution in [3.8, 4) is 0 Å². The lowest BCUT2D eigenvalue weighted by Crippen LogP contribution is -2.13. The van der Waals surface area contributed by atoms with E-state index in [4.69, 9.17) is 5.73 Å². The van der Waals surface area contributed by atoms with Crippen molar-refractivity contribution in [1.82, 2.24) is 10.1 Å². The van der Waals surface area contributed by atoms with Gasteiger partial charge in [-0.3, -0.25) is 0 Å². The molecule has 0 spiro atoms. The number of hydrogen-bond donors (Lipinski definition) is 2. The maximum absolute atomic E-state index is 11.7. The van der Waals surface area contributed by atoms with Gasteiger partial charge in [0.1, 0.15) is 0 Å². The standard InChI is InChI=1S/C8H8N4O3S/c9-6-1-3-7(4-2-6)16(13,14)12-8-10-5-15-11-8/h1-5H,9H2,(H,11,12). The van der Waals surface area contributed by atoms with Crippen LogP contribution in [0.2, 0.25) is 0 Å². The monoisotopic (exact) mass is 240 g/mol. The van der Waals surface area contributed by atoms with Gasteiger partial charge in [0.15, 0.2) is 0 Å². The summed E-state index contributed by atoms with van der Waals surface area (Å²) in [5.74, 6) is -0.114. The van der Waals surface area contributed by atoms with Gasteiger partial charge in [-0.05, 0) is 29.4 Å². The van der Waals surface area contributed by atoms with E-state index in [2.05, 4.69) is 19.4 Å². The Kier molecular flexibility index (Phi) is 2.49. The Labute approximate surface area is 91.3 Å². The normalized spacial score (nSPS) is 11.2. The molecule has 0 unspecified atom stereocenters. The van der Waals surface area contributed by atoms with E-state index in [9.17, 15) is 8.42 Å². The first-order valence-corrected chi connectivity index (χ1v) is 5.71. The predicted molar refractivity (Wildman–Crippen MR) is 56.0 cm³/mol. The molecule has 8 heteroatoms. The Morgan fingerprint density at radius 1 is 1.25 bits per heavy atom. The first-order chi connectivity index (χ1) is 7.58. The van der Waals surface area contributed by atoms with Crippen LogP contribution in [-0.4, -0.2) is 18.6 Å². The molecular formula is C8H8N4O3S. The lowest BCUT2D eigenvalue weighted by molar-refractivity contribution is 0.419. The van der Waals surface area contributed by atoms with Crippen molar-refractivity contribution in [3.63, 3.8) is 0 Å². The highest BCUT2D eigenvalue weighted by atomic mass is 32.2. The summed E-state index contributed by atoms with van der Waals surface area (Å²) in [6.45, 7) is 0. The summed E-state index contributed by atoms with van der Waals surface area (Å²) in [5.41, 5.74) is 5.94. The second-order valence-corrected chi connectivity index (χ2v) is 4.61. The highest BCUT2D eigenvalue weighted by molar-refractivity contribution is 7.92. The van der Waals surface area contributed by atoms with Crippen molar-refractivity contribution in [2.75, 3.05) is 10.5 Å². The maximum atomic E-state index is 11.7. The van der Waals surface area contributed by atoms with Gasteiger partial charge in [-0.2, -0.15) is 4.98 Å². The highest BCUT2D eigenvalue weighted by Crippen LogP contribution is 2.14. The van der Waals surface area contributed by atoms with Crippen molar-refractivity contribution >= 4 is 21.7 Å². The molecule has 0 saturated heterocycles. The van der Waals surface area contributed by atoms with Crippen LogP contribution in [-0.2, 0) is 10.0 Å². The molecule has 1 aromatic carbocycles. The molecule has 2 aromatic rings. The molecule has 0 amide bonds. The molecule has 0 aliphatic rings. The van der Waals surface area contributed by atoms with Crippen molar-refractivity contribution < 1.29 is 12.9 Å². The van der Waals surface area contributed by atoms with Gasteiger partial charge in [-0.25, -0.2) is 13.1 Å². The third-order valence-electron chi connectivity index (χ3n) is 1.78. The zero-order valence-electron chi connectivity index (χ0n) is 7.99. The molecule has 0 fully saturated rings. The predicted octanol–water partition coefficient (Wildman–Crippen LogP) is 0.453. The first kappa shape index (κ1) is 10.4. The fourth-order valence-electron chi connectivity index (χ4n) is 1.04. The maximum Gasteiger partial charge on any atom is 0.277 e. The van der Waals surface area contributed by atoms with E-state index in [0.29, 0.717) is 5.69 Å². The van der Waals surface area contributed by atoms with Gasteiger partial charge in [0.2, 0.25) is 6.39 Å². The molecule has 0 saturated carbocycles. The van der Waals surface area contributed by atoms with Crippen LogP contribution in [0.1, 0.15) is 0 Å². The van der Waals surface area contributed by atoms with Gasteiger partial charge >= 0.3 is 0 Å². The molecule has 0 bridgehead atoms. The molecule has 0 radical (unpaired) electrons. The van der Waals surface area contributed by atoms with E-state index in [-0.39, 0.29) is 10.8 Å². The topological polar surface area (TPSA) is 111 Å². The van der Waals surface area contributed by atoms with Crippen molar-refractivity contribution in [1.29, 1.82) is 0 Å². The van der Waals surface area contributed by atoms with Gasteiger partial charge in [-0.15, -0.1) is 0 Å². The van der Waals surface area contributed by atoms with Gasteiger partial charge < -0.3 is 10.3 Å². The number of hydrogen-bond acceptors (Lipinski definition) is 6. The highest BCUT2D eigenvalue weighted by Gasteiger charge is 2.15. The Balaban J connectivity index is 2.29. The van der Waals surface area contributed by atoms with Crippen molar-refractivity contribution in [2.24, 2.45) is 0 Å². The van der Waals surface area contributed by atoms with E-state index in [1.54, 1.807) is 0 Å². The first-order valence-electron chi connectivity index (χ1n) is 4.23. The van der Waals surface area contributed by atoms with Gasteiger partial charge in [0, 0.05) is 5.69 Å². The number of nitrogens with two attached hydrogens (primary N) is 1. The summed E-state index contributed by atoms with van der Waals surface area (Å²) in [5, 5.41) is 3.34. The molecule has 1 aromatic heterocycles. The van der Waals surface area contributed by atoms with Gasteiger partial charge in [0.25, 0.3) is 16.0 Å². The van der Waals surface area contributed by atoms with Gasteiger partial charge in [0.05, 0.1) is 4.90 Å². The number of nitrogen functional groups attached to an aromatic ring is 1. The van der Waals surface area contributed by atoms with E-state index < -0.39 is 10.0 Å². The zero-order valence-corrected chi connectivity index (χ0v) is 8.81. The lowest BCUT2D eigenvalue weighted by Gasteiger charge is -2.03. The molecule has 84 valence electrons. The summed E-state index contributed by atoms with van der Waals surface area (Å²) in [7, 11) is -3.69. The number of benzene rings is 1. The molecule has 7 nitrogen and oxygen atoms in total. The fourth-order valence-corrected chi connectivity index (χ4v) is 1.98. The number of nitrogens with one attached hydrogen (secondary N) is 1. The summed E-state index contributed by atoms with van der Waals surface area (Å²) in [6.07, 6.45) is 1.03. The van der Waals surface area contributed by atoms with Crippen LogP contribution in [0.25, 0.3) is 0 Å². The minimum absolute atomic E-state index is 0.0755. The van der Waals surface area contributed by atoms with Gasteiger partial charge in [-0.1, -0.05) is 0 Å². The van der Waals surface area contributed by atoms with E-state index >= 15 is 0 Å². The summed E-state index contributed by atoms with van der Waals surface area (Å²) in [6, 6.07) is 5.76. The third kappa shape index (κ3) is 2.11. The van der Waals surface area contributed by atoms with Crippen LogP contribution < -0.4 is 10.5 Å². The van der Waals surface area contributed by atoms with Crippen LogP contribution in [0.5, 0.6) is 0 Å². The number of sulfonamides is 1. The van der Waals surface area contributed by atoms with E-state index in [1.165, 1.54) is 24.3 Å². The molecule has 2 rings (SSSR count). The molecule has 0 aliphatic carbocycles. The number of rotatable bonds is 3. The third-order valence-corrected chi connectivity index (χ3v) is 3.12. The second-order valence-electron chi connectivity index (χ2n) is 2.93. The quantitative estimate of drug-likeness (QED) is 0.753. The summed E-state index contributed by atoms with van der Waals surface area (Å²) < 4.78 is 30.0. The van der Waals surface area contributed by atoms with Crippen molar-refractivity contribution in [2.45, 2.75) is 4.90 Å². The lowest BCUT2D eigenvalue weighted by atomic mass is 10.3. The zero-order chi connectivity index (χ0) is 11.6. The van der Waals surface area contributed by atoms with Crippen molar-refractivity contribution in [3.05, 3.63) is 30.7 Å². The largest absolute Gasteiger partial charge is 0.399 e. The smallest absolute Gasteiger partial charge is 0.277 e. The Morgan fingerprint density at radius 2 is 1.94 bits per heavy atom. The summed E-state index contributed by atoms with van der Waals surface area (Å²) >= 11 is 0. The molecule has 0 aliphatic heterocycles. The average molecular weight is 240 g/mol. The fraction of sp³-hybridized carbons (Fsp3) is 0. The molecule has 1 heterocycles. The van der Waals surface area contributed by atoms with Crippen LogP contribution in [0.15, 0.2) is 40.1 Å². The Morgan fingerprint density at radius 3 is 2.50 bits per heavy atom.